The van der Waals surface area contributed by atoms with Crippen LogP contribution >= 0.6 is 0 Å². The SMILES string of the molecule is O=C(O)CCC(=O)O.[Zn]. The topological polar surface area (TPSA) is 74.6 Å². The molecule has 2 N–H and O–H groups in total. The molecule has 0 bridgehead atoms. The Balaban J connectivity index is 0. The van der Waals surface area contributed by atoms with Crippen molar-refractivity contribution in [3.05, 3.63) is 0 Å². The average Bonchev–Trinajstić information content (AvgIpc) is 1.61. The normalized spacial score (nSPS) is 7.56. The minimum absolute atomic E-state index is 0. The molecule has 0 amide bonds. The molecule has 0 aliphatic carbocycles. The van der Waals surface area contributed by atoms with Crippen molar-refractivity contribution in [1.82, 2.24) is 0 Å². The van der Waals surface area contributed by atoms with E-state index in [0.29, 0.717) is 0 Å². The number of aliphatic carboxylic acids is 2. The van der Waals surface area contributed by atoms with Gasteiger partial charge in [0.15, 0.2) is 0 Å². The first kappa shape index (κ1) is 11.4. The summed E-state index contributed by atoms with van der Waals surface area (Å²) in [6.07, 6.45) is -0.593. The van der Waals surface area contributed by atoms with Gasteiger partial charge in [0.05, 0.1) is 12.8 Å². The number of hydrogen-bond acceptors (Lipinski definition) is 2. The third-order valence-corrected chi connectivity index (χ3v) is 0.553. The Kier molecular flexibility index (Phi) is 7.20. The monoisotopic (exact) mass is 182 g/mol. The second kappa shape index (κ2) is 5.70. The van der Waals surface area contributed by atoms with Crippen molar-refractivity contribution in [3.63, 3.8) is 0 Å². The zero-order chi connectivity index (χ0) is 6.57. The average molecular weight is 183 g/mol. The maximum atomic E-state index is 9.64. The van der Waals surface area contributed by atoms with E-state index >= 15 is 0 Å². The summed E-state index contributed by atoms with van der Waals surface area (Å²) in [6, 6.07) is 0. The van der Waals surface area contributed by atoms with E-state index in [1.54, 1.807) is 0 Å². The van der Waals surface area contributed by atoms with E-state index in [1.165, 1.54) is 0 Å². The molecular formula is C4H6O4Zn. The van der Waals surface area contributed by atoms with Gasteiger partial charge in [-0.3, -0.25) is 9.59 Å². The number of rotatable bonds is 3. The summed E-state index contributed by atoms with van der Waals surface area (Å²) >= 11 is 0. The first-order valence-corrected chi connectivity index (χ1v) is 2.06. The van der Waals surface area contributed by atoms with Gasteiger partial charge in [-0.2, -0.15) is 0 Å². The first-order chi connectivity index (χ1) is 3.63. The molecule has 0 rings (SSSR count). The Morgan fingerprint density at radius 3 is 1.33 bits per heavy atom. The molecule has 5 heteroatoms. The predicted octanol–water partition coefficient (Wildman–Crippen LogP) is -0.0667. The first-order valence-electron chi connectivity index (χ1n) is 2.06. The third kappa shape index (κ3) is 11.2. The Bertz CT molecular complexity index is 97.1. The Morgan fingerprint density at radius 2 is 1.22 bits per heavy atom. The second-order valence-corrected chi connectivity index (χ2v) is 1.29. The molecular weight excluding hydrogens is 177 g/mol. The molecule has 0 aromatic carbocycles. The van der Waals surface area contributed by atoms with Crippen LogP contribution in [-0.2, 0) is 29.1 Å². The molecule has 0 spiro atoms. The molecule has 0 aromatic rings. The third-order valence-electron chi connectivity index (χ3n) is 0.553. The molecule has 0 radical (unpaired) electrons. The molecule has 0 heterocycles. The van der Waals surface area contributed by atoms with E-state index in [2.05, 4.69) is 0 Å². The quantitative estimate of drug-likeness (QED) is 0.601. The zero-order valence-electron chi connectivity index (χ0n) is 4.83. The van der Waals surface area contributed by atoms with Crippen LogP contribution in [0.3, 0.4) is 0 Å². The number of hydrogen-bond donors (Lipinski definition) is 2. The van der Waals surface area contributed by atoms with Gasteiger partial charge in [0.1, 0.15) is 0 Å². The summed E-state index contributed by atoms with van der Waals surface area (Å²) in [5, 5.41) is 15.8. The van der Waals surface area contributed by atoms with Crippen molar-refractivity contribution in [3.8, 4) is 0 Å². The van der Waals surface area contributed by atoms with Crippen LogP contribution in [0.4, 0.5) is 0 Å². The molecule has 0 unspecified atom stereocenters. The van der Waals surface area contributed by atoms with Crippen LogP contribution in [0, 0.1) is 0 Å². The molecule has 0 aromatic heterocycles. The minimum atomic E-state index is -1.08. The zero-order valence-corrected chi connectivity index (χ0v) is 7.80. The van der Waals surface area contributed by atoms with Crippen LogP contribution in [0.2, 0.25) is 0 Å². The molecule has 9 heavy (non-hydrogen) atoms. The molecule has 0 aliphatic rings. The summed E-state index contributed by atoms with van der Waals surface area (Å²) in [6.45, 7) is 0. The summed E-state index contributed by atoms with van der Waals surface area (Å²) < 4.78 is 0. The van der Waals surface area contributed by atoms with Crippen LogP contribution in [0.25, 0.3) is 0 Å². The molecule has 0 saturated heterocycles. The van der Waals surface area contributed by atoms with Crippen molar-refractivity contribution in [2.24, 2.45) is 0 Å². The predicted molar refractivity (Wildman–Crippen MR) is 24.5 cm³/mol. The largest absolute Gasteiger partial charge is 0.481 e. The van der Waals surface area contributed by atoms with Crippen molar-refractivity contribution >= 4 is 11.9 Å². The van der Waals surface area contributed by atoms with Crippen LogP contribution in [-0.4, -0.2) is 22.2 Å². The summed E-state index contributed by atoms with van der Waals surface area (Å²) in [5.41, 5.74) is 0. The van der Waals surface area contributed by atoms with Crippen molar-refractivity contribution < 1.29 is 39.3 Å². The van der Waals surface area contributed by atoms with E-state index in [1.807, 2.05) is 0 Å². The minimum Gasteiger partial charge on any atom is -0.481 e. The summed E-state index contributed by atoms with van der Waals surface area (Å²) in [7, 11) is 0. The van der Waals surface area contributed by atoms with Gasteiger partial charge in [-0.25, -0.2) is 0 Å². The molecule has 0 fully saturated rings. The van der Waals surface area contributed by atoms with Gasteiger partial charge in [0, 0.05) is 19.5 Å². The van der Waals surface area contributed by atoms with Gasteiger partial charge in [0.25, 0.3) is 0 Å². The standard InChI is InChI=1S/C4H6O4.Zn/c5-3(6)1-2-4(7)8;/h1-2H2,(H,5,6)(H,7,8);. The van der Waals surface area contributed by atoms with Crippen molar-refractivity contribution in [1.29, 1.82) is 0 Å². The van der Waals surface area contributed by atoms with Gasteiger partial charge < -0.3 is 10.2 Å². The van der Waals surface area contributed by atoms with Gasteiger partial charge in [-0.05, 0) is 0 Å². The Hall–Kier alpha value is -0.437. The summed E-state index contributed by atoms with van der Waals surface area (Å²) in [4.78, 5) is 19.3. The van der Waals surface area contributed by atoms with Crippen LogP contribution in [0.15, 0.2) is 0 Å². The van der Waals surface area contributed by atoms with Gasteiger partial charge in [-0.1, -0.05) is 0 Å². The van der Waals surface area contributed by atoms with Crippen molar-refractivity contribution in [2.75, 3.05) is 0 Å². The van der Waals surface area contributed by atoms with Gasteiger partial charge in [0.2, 0.25) is 0 Å². The molecule has 0 atom stereocenters. The Labute approximate surface area is 64.6 Å². The van der Waals surface area contributed by atoms with E-state index < -0.39 is 11.9 Å². The number of carbonyl (C=O) groups is 2. The molecule has 0 aliphatic heterocycles. The number of carboxylic acid groups (broad SMARTS) is 2. The Morgan fingerprint density at radius 1 is 1.00 bits per heavy atom. The van der Waals surface area contributed by atoms with Crippen molar-refractivity contribution in [2.45, 2.75) is 12.8 Å². The molecule has 0 saturated carbocycles. The van der Waals surface area contributed by atoms with E-state index in [4.69, 9.17) is 10.2 Å². The van der Waals surface area contributed by atoms with E-state index in [0.717, 1.165) is 0 Å². The fraction of sp³-hybridized carbons (Fsp3) is 0.500. The van der Waals surface area contributed by atoms with Crippen LogP contribution < -0.4 is 0 Å². The summed E-state index contributed by atoms with van der Waals surface area (Å²) in [5.74, 6) is -2.15. The van der Waals surface area contributed by atoms with Crippen LogP contribution in [0.5, 0.6) is 0 Å². The van der Waals surface area contributed by atoms with Crippen LogP contribution in [0.1, 0.15) is 12.8 Å². The van der Waals surface area contributed by atoms with Gasteiger partial charge >= 0.3 is 11.9 Å². The smallest absolute Gasteiger partial charge is 0.303 e. The second-order valence-electron chi connectivity index (χ2n) is 1.29. The maximum absolute atomic E-state index is 9.64. The molecule has 4 nitrogen and oxygen atoms in total. The van der Waals surface area contributed by atoms with E-state index in [9.17, 15) is 9.59 Å². The van der Waals surface area contributed by atoms with E-state index in [-0.39, 0.29) is 32.3 Å². The molecule has 48 valence electrons. The fourth-order valence-electron chi connectivity index (χ4n) is 0.214. The number of carboxylic acids is 2. The van der Waals surface area contributed by atoms with Gasteiger partial charge in [-0.15, -0.1) is 0 Å². The fourth-order valence-corrected chi connectivity index (χ4v) is 0.214. The maximum Gasteiger partial charge on any atom is 0.303 e.